The van der Waals surface area contributed by atoms with Crippen molar-refractivity contribution in [2.75, 3.05) is 5.32 Å². The third kappa shape index (κ3) is 2.46. The van der Waals surface area contributed by atoms with E-state index in [-0.39, 0.29) is 0 Å². The molecule has 1 N–H and O–H groups in total. The van der Waals surface area contributed by atoms with Gasteiger partial charge in [-0.15, -0.1) is 10.2 Å². The monoisotopic (exact) mass is 251 g/mol. The zero-order chi connectivity index (χ0) is 11.8. The van der Waals surface area contributed by atoms with Crippen molar-refractivity contribution in [3.8, 4) is 0 Å². The largest absolute Gasteiger partial charge is 0.357 e. The van der Waals surface area contributed by atoms with Gasteiger partial charge in [-0.3, -0.25) is 0 Å². The third-order valence-electron chi connectivity index (χ3n) is 4.38. The van der Waals surface area contributed by atoms with Crippen LogP contribution in [0.5, 0.6) is 0 Å². The molecule has 1 aromatic heterocycles. The minimum atomic E-state index is 0.596. The van der Waals surface area contributed by atoms with E-state index in [0.29, 0.717) is 6.04 Å². The zero-order valence-electron chi connectivity index (χ0n) is 10.6. The maximum Gasteiger partial charge on any atom is 0.205 e. The first-order valence-corrected chi connectivity index (χ1v) is 7.65. The van der Waals surface area contributed by atoms with Crippen molar-refractivity contribution in [3.63, 3.8) is 0 Å². The Hall–Kier alpha value is -0.640. The number of nitrogens with one attached hydrogen (secondary N) is 1. The van der Waals surface area contributed by atoms with E-state index in [9.17, 15) is 0 Å². The highest BCUT2D eigenvalue weighted by atomic mass is 32.1. The maximum absolute atomic E-state index is 4.29. The number of rotatable bonds is 3. The SMILES string of the molecule is CC1CCCC(Nc2nnc(C3CC3)s2)C1C. The summed E-state index contributed by atoms with van der Waals surface area (Å²) < 4.78 is 0. The lowest BCUT2D eigenvalue weighted by molar-refractivity contribution is 0.253. The minimum absolute atomic E-state index is 0.596. The number of aromatic nitrogens is 2. The van der Waals surface area contributed by atoms with Gasteiger partial charge in [0.1, 0.15) is 5.01 Å². The topological polar surface area (TPSA) is 37.8 Å². The van der Waals surface area contributed by atoms with Gasteiger partial charge in [-0.1, -0.05) is 38.0 Å². The molecular formula is C13H21N3S. The highest BCUT2D eigenvalue weighted by Gasteiger charge is 2.30. The van der Waals surface area contributed by atoms with E-state index in [4.69, 9.17) is 0 Å². The summed E-state index contributed by atoms with van der Waals surface area (Å²) in [6, 6.07) is 0.596. The molecule has 0 saturated heterocycles. The van der Waals surface area contributed by atoms with Crippen molar-refractivity contribution in [1.82, 2.24) is 10.2 Å². The van der Waals surface area contributed by atoms with E-state index < -0.39 is 0 Å². The van der Waals surface area contributed by atoms with E-state index in [1.54, 1.807) is 11.3 Å². The second kappa shape index (κ2) is 4.56. The van der Waals surface area contributed by atoms with Crippen LogP contribution in [-0.4, -0.2) is 16.2 Å². The highest BCUT2D eigenvalue weighted by Crippen LogP contribution is 2.42. The average molecular weight is 251 g/mol. The van der Waals surface area contributed by atoms with Crippen LogP contribution in [0.2, 0.25) is 0 Å². The molecule has 2 saturated carbocycles. The number of hydrogen-bond acceptors (Lipinski definition) is 4. The normalized spacial score (nSPS) is 33.6. The first-order chi connectivity index (χ1) is 8.24. The fourth-order valence-corrected chi connectivity index (χ4v) is 3.71. The van der Waals surface area contributed by atoms with Gasteiger partial charge in [-0.25, -0.2) is 0 Å². The van der Waals surface area contributed by atoms with Crippen LogP contribution in [0.3, 0.4) is 0 Å². The molecule has 3 rings (SSSR count). The number of nitrogens with zero attached hydrogens (tertiary/aromatic N) is 2. The Bertz CT molecular complexity index is 386. The molecule has 4 heteroatoms. The Morgan fingerprint density at radius 3 is 2.71 bits per heavy atom. The van der Waals surface area contributed by atoms with E-state index in [0.717, 1.165) is 22.9 Å². The zero-order valence-corrected chi connectivity index (χ0v) is 11.5. The van der Waals surface area contributed by atoms with Crippen molar-refractivity contribution in [1.29, 1.82) is 0 Å². The maximum atomic E-state index is 4.29. The Labute approximate surface area is 107 Å². The van der Waals surface area contributed by atoms with Gasteiger partial charge in [-0.2, -0.15) is 0 Å². The Morgan fingerprint density at radius 2 is 1.94 bits per heavy atom. The lowest BCUT2D eigenvalue weighted by atomic mass is 9.78. The Morgan fingerprint density at radius 1 is 1.12 bits per heavy atom. The van der Waals surface area contributed by atoms with Crippen molar-refractivity contribution in [3.05, 3.63) is 5.01 Å². The van der Waals surface area contributed by atoms with Crippen molar-refractivity contribution >= 4 is 16.5 Å². The summed E-state index contributed by atoms with van der Waals surface area (Å²) in [6.45, 7) is 4.73. The van der Waals surface area contributed by atoms with Gasteiger partial charge in [0.2, 0.25) is 5.13 Å². The van der Waals surface area contributed by atoms with Gasteiger partial charge in [0.05, 0.1) is 0 Å². The quantitative estimate of drug-likeness (QED) is 0.891. The molecule has 3 atom stereocenters. The third-order valence-corrected chi connectivity index (χ3v) is 5.40. The smallest absolute Gasteiger partial charge is 0.205 e. The molecule has 0 bridgehead atoms. The summed E-state index contributed by atoms with van der Waals surface area (Å²) in [5.41, 5.74) is 0. The standard InChI is InChI=1S/C13H21N3S/c1-8-4-3-5-11(9(8)2)14-13-16-15-12(17-13)10-6-7-10/h8-11H,3-7H2,1-2H3,(H,14,16). The van der Waals surface area contributed by atoms with Crippen molar-refractivity contribution in [2.24, 2.45) is 11.8 Å². The number of anilines is 1. The molecule has 0 amide bonds. The summed E-state index contributed by atoms with van der Waals surface area (Å²) in [5, 5.41) is 14.5. The van der Waals surface area contributed by atoms with Crippen LogP contribution >= 0.6 is 11.3 Å². The first kappa shape index (κ1) is 11.5. The second-order valence-corrected chi connectivity index (χ2v) is 6.75. The fraction of sp³-hybridized carbons (Fsp3) is 0.846. The molecule has 2 aliphatic rings. The molecule has 3 unspecified atom stereocenters. The molecule has 0 aliphatic heterocycles. The van der Waals surface area contributed by atoms with E-state index in [2.05, 4.69) is 29.4 Å². The lowest BCUT2D eigenvalue weighted by Crippen LogP contribution is -2.34. The van der Waals surface area contributed by atoms with E-state index in [1.165, 1.54) is 37.1 Å². The molecule has 2 fully saturated rings. The predicted octanol–water partition coefficient (Wildman–Crippen LogP) is 3.65. The lowest BCUT2D eigenvalue weighted by Gasteiger charge is -2.34. The van der Waals surface area contributed by atoms with Crippen LogP contribution in [0.25, 0.3) is 0 Å². The molecule has 17 heavy (non-hydrogen) atoms. The van der Waals surface area contributed by atoms with Gasteiger partial charge in [0, 0.05) is 12.0 Å². The number of hydrogen-bond donors (Lipinski definition) is 1. The van der Waals surface area contributed by atoms with Crippen LogP contribution in [-0.2, 0) is 0 Å². The average Bonchev–Trinajstić information content (AvgIpc) is 3.06. The van der Waals surface area contributed by atoms with Crippen molar-refractivity contribution < 1.29 is 0 Å². The van der Waals surface area contributed by atoms with Crippen molar-refractivity contribution in [2.45, 2.75) is 57.9 Å². The molecule has 0 aromatic carbocycles. The van der Waals surface area contributed by atoms with Crippen LogP contribution in [0.4, 0.5) is 5.13 Å². The molecule has 3 nitrogen and oxygen atoms in total. The summed E-state index contributed by atoms with van der Waals surface area (Å²) in [7, 11) is 0. The molecule has 1 heterocycles. The molecule has 1 aromatic rings. The van der Waals surface area contributed by atoms with Gasteiger partial charge in [0.25, 0.3) is 0 Å². The predicted molar refractivity (Wildman–Crippen MR) is 71.5 cm³/mol. The molecule has 94 valence electrons. The van der Waals surface area contributed by atoms with E-state index >= 15 is 0 Å². The molecular weight excluding hydrogens is 230 g/mol. The Kier molecular flexibility index (Phi) is 3.07. The summed E-state index contributed by atoms with van der Waals surface area (Å²) in [4.78, 5) is 0. The first-order valence-electron chi connectivity index (χ1n) is 6.84. The highest BCUT2D eigenvalue weighted by molar-refractivity contribution is 7.15. The van der Waals surface area contributed by atoms with Gasteiger partial charge in [-0.05, 0) is 31.1 Å². The van der Waals surface area contributed by atoms with Crippen LogP contribution in [0.1, 0.15) is 56.9 Å². The molecule has 0 spiro atoms. The van der Waals surface area contributed by atoms with Gasteiger partial charge in [0.15, 0.2) is 0 Å². The summed E-state index contributed by atoms with van der Waals surface area (Å²) >= 11 is 1.77. The summed E-state index contributed by atoms with van der Waals surface area (Å²) in [6.07, 6.45) is 6.63. The van der Waals surface area contributed by atoms with Crippen LogP contribution < -0.4 is 5.32 Å². The van der Waals surface area contributed by atoms with Gasteiger partial charge < -0.3 is 5.32 Å². The summed E-state index contributed by atoms with van der Waals surface area (Å²) in [5.74, 6) is 2.31. The van der Waals surface area contributed by atoms with Crippen LogP contribution in [0.15, 0.2) is 0 Å². The molecule has 2 aliphatic carbocycles. The Balaban J connectivity index is 1.64. The van der Waals surface area contributed by atoms with Crippen LogP contribution in [0, 0.1) is 11.8 Å². The van der Waals surface area contributed by atoms with Gasteiger partial charge >= 0.3 is 0 Å². The van der Waals surface area contributed by atoms with E-state index in [1.807, 2.05) is 0 Å². The second-order valence-electron chi connectivity index (χ2n) is 5.74. The minimum Gasteiger partial charge on any atom is -0.357 e. The fourth-order valence-electron chi connectivity index (χ4n) is 2.73. The molecule has 0 radical (unpaired) electrons.